The van der Waals surface area contributed by atoms with Gasteiger partial charge in [-0.1, -0.05) is 18.2 Å². The number of nitriles is 1. The molecule has 2 aliphatic heterocycles. The maximum Gasteiger partial charge on any atom is 0.401 e. The van der Waals surface area contributed by atoms with Crippen molar-refractivity contribution in [3.8, 4) is 22.9 Å². The number of hydrogen-bond acceptors (Lipinski definition) is 6. The minimum atomic E-state index is -4.50. The van der Waals surface area contributed by atoms with Gasteiger partial charge in [0.1, 0.15) is 29.9 Å². The minimum Gasteiger partial charge on any atom is -0.488 e. The van der Waals surface area contributed by atoms with Crippen molar-refractivity contribution in [2.45, 2.75) is 25.2 Å². The van der Waals surface area contributed by atoms with Crippen LogP contribution in [0.15, 0.2) is 41.7 Å². The number of amides is 1. The van der Waals surface area contributed by atoms with Crippen LogP contribution in [0.1, 0.15) is 18.5 Å². The van der Waals surface area contributed by atoms with Gasteiger partial charge < -0.3 is 14.5 Å². The van der Waals surface area contributed by atoms with Gasteiger partial charge in [-0.2, -0.15) is 18.4 Å². The molecule has 2 atom stereocenters. The number of carbonyl (C=O) groups excluding carboxylic acids is 1. The molecule has 1 amide bonds. The number of nitrogens with zero attached hydrogens (tertiary/aromatic N) is 5. The molecule has 8 nitrogen and oxygen atoms in total. The van der Waals surface area contributed by atoms with Crippen LogP contribution in [0.5, 0.6) is 5.75 Å². The van der Waals surface area contributed by atoms with E-state index in [1.165, 1.54) is 29.8 Å². The fraction of sp³-hybridized carbons (Fsp3) is 0.367. The summed E-state index contributed by atoms with van der Waals surface area (Å²) in [4.78, 5) is 30.8. The summed E-state index contributed by atoms with van der Waals surface area (Å²) in [5, 5.41) is 10.5. The smallest absolute Gasteiger partial charge is 0.401 e. The van der Waals surface area contributed by atoms with Gasteiger partial charge in [0.2, 0.25) is 5.91 Å². The molecule has 1 saturated heterocycles. The Morgan fingerprint density at radius 1 is 1.27 bits per heavy atom. The van der Waals surface area contributed by atoms with E-state index in [9.17, 15) is 32.4 Å². The van der Waals surface area contributed by atoms with Gasteiger partial charge in [0.25, 0.3) is 5.56 Å². The fourth-order valence-corrected chi connectivity index (χ4v) is 6.36. The number of benzene rings is 2. The number of aromatic nitrogens is 1. The molecule has 0 saturated carbocycles. The number of ether oxygens (including phenoxy) is 1. The third-order valence-electron chi connectivity index (χ3n) is 7.84. The summed E-state index contributed by atoms with van der Waals surface area (Å²) in [6, 6.07) is 4.96. The molecule has 2 aliphatic rings. The molecule has 1 aromatic heterocycles. The molecule has 0 bridgehead atoms. The third-order valence-corrected chi connectivity index (χ3v) is 8.14. The van der Waals surface area contributed by atoms with E-state index in [0.29, 0.717) is 6.07 Å². The molecular formula is C30H27ClF5N5O3. The summed E-state index contributed by atoms with van der Waals surface area (Å²) < 4.78 is 75.7. The molecule has 0 spiro atoms. The third kappa shape index (κ3) is 5.59. The van der Waals surface area contributed by atoms with Crippen LogP contribution in [0.3, 0.4) is 0 Å². The Morgan fingerprint density at radius 3 is 2.61 bits per heavy atom. The first-order valence-electron chi connectivity index (χ1n) is 13.6. The second kappa shape index (κ2) is 11.7. The van der Waals surface area contributed by atoms with Crippen LogP contribution < -0.4 is 15.2 Å². The van der Waals surface area contributed by atoms with Gasteiger partial charge in [0, 0.05) is 54.8 Å². The van der Waals surface area contributed by atoms with Gasteiger partial charge in [0.15, 0.2) is 5.75 Å². The lowest BCUT2D eigenvalue weighted by Crippen LogP contribution is -2.54. The van der Waals surface area contributed by atoms with Crippen LogP contribution >= 0.6 is 11.6 Å². The van der Waals surface area contributed by atoms with Crippen LogP contribution in [0.4, 0.5) is 27.6 Å². The Kier molecular flexibility index (Phi) is 8.35. The lowest BCUT2D eigenvalue weighted by Gasteiger charge is -2.42. The number of halogens is 6. The highest BCUT2D eigenvalue weighted by Gasteiger charge is 2.37. The van der Waals surface area contributed by atoms with Gasteiger partial charge >= 0.3 is 6.18 Å². The maximum absolute atomic E-state index is 15.1. The molecule has 44 heavy (non-hydrogen) atoms. The van der Waals surface area contributed by atoms with Crippen molar-refractivity contribution >= 4 is 34.1 Å². The van der Waals surface area contributed by atoms with Gasteiger partial charge in [0.05, 0.1) is 28.8 Å². The molecule has 232 valence electrons. The average molecular weight is 636 g/mol. The number of anilines is 1. The lowest BCUT2D eigenvalue weighted by molar-refractivity contribution is -0.144. The number of pyridine rings is 1. The van der Waals surface area contributed by atoms with E-state index in [0.717, 1.165) is 11.0 Å². The van der Waals surface area contributed by atoms with Crippen LogP contribution in [-0.4, -0.2) is 78.9 Å². The SMILES string of the molecule is C=CC(=O)N1CCN(c2c(C#N)c(=O)n3c4c(c(-c5ccc(F)cc5F)c(Cl)cc24)OCC3CN(C)CC(F)(F)F)[C@@H](C)C1. The largest absolute Gasteiger partial charge is 0.488 e. The summed E-state index contributed by atoms with van der Waals surface area (Å²) >= 11 is 6.74. The molecule has 1 fully saturated rings. The lowest BCUT2D eigenvalue weighted by atomic mass is 9.96. The van der Waals surface area contributed by atoms with Gasteiger partial charge in [-0.05, 0) is 38.2 Å². The van der Waals surface area contributed by atoms with E-state index in [4.69, 9.17) is 16.3 Å². The molecule has 5 rings (SSSR count). The fourth-order valence-electron chi connectivity index (χ4n) is 6.06. The molecule has 3 heterocycles. The normalized spacial score (nSPS) is 18.4. The number of likely N-dealkylation sites (N-methyl/N-ethyl adjacent to an activating group) is 1. The molecule has 14 heteroatoms. The van der Waals surface area contributed by atoms with Crippen molar-refractivity contribution in [3.05, 3.63) is 69.5 Å². The molecule has 0 aliphatic carbocycles. The van der Waals surface area contributed by atoms with E-state index < -0.39 is 36.0 Å². The second-order valence-electron chi connectivity index (χ2n) is 10.9. The summed E-state index contributed by atoms with van der Waals surface area (Å²) in [6.07, 6.45) is -3.31. The number of hydrogen-bond donors (Lipinski definition) is 0. The average Bonchev–Trinajstić information content (AvgIpc) is 2.94. The first-order chi connectivity index (χ1) is 20.7. The standard InChI is InChI=1S/C30H27ClF5N5O3/c1-4-24(42)39-7-8-40(16(2)12-39)26-20-10-22(31)25(19-6-5-17(32)9-23(19)33)28-27(20)41(29(43)21(26)11-37)18(14-44-28)13-38(3)15-30(34,35)36/h4-6,9-10,16,18H,1,7-8,12-15H2,2-3H3/t16-,18?/m0/s1. The Labute approximate surface area is 254 Å². The van der Waals surface area contributed by atoms with Crippen molar-refractivity contribution in [1.29, 1.82) is 5.26 Å². The number of rotatable bonds is 6. The van der Waals surface area contributed by atoms with Crippen LogP contribution in [0.2, 0.25) is 5.02 Å². The first-order valence-corrected chi connectivity index (χ1v) is 14.0. The van der Waals surface area contributed by atoms with Crippen LogP contribution in [0, 0.1) is 23.0 Å². The van der Waals surface area contributed by atoms with E-state index >= 15 is 4.39 Å². The highest BCUT2D eigenvalue weighted by Crippen LogP contribution is 2.48. The Hall–Kier alpha value is -4.15. The maximum atomic E-state index is 15.1. The van der Waals surface area contributed by atoms with Gasteiger partial charge in [-0.15, -0.1) is 0 Å². The predicted octanol–water partition coefficient (Wildman–Crippen LogP) is 5.12. The van der Waals surface area contributed by atoms with Crippen LogP contribution in [0.25, 0.3) is 22.0 Å². The number of piperazine rings is 1. The van der Waals surface area contributed by atoms with Crippen molar-refractivity contribution in [3.63, 3.8) is 0 Å². The monoisotopic (exact) mass is 635 g/mol. The van der Waals surface area contributed by atoms with E-state index in [1.54, 1.807) is 9.80 Å². The van der Waals surface area contributed by atoms with Crippen molar-refractivity contribution in [2.24, 2.45) is 0 Å². The highest BCUT2D eigenvalue weighted by atomic mass is 35.5. The Bertz CT molecular complexity index is 1770. The predicted molar refractivity (Wildman–Crippen MR) is 155 cm³/mol. The molecule has 3 aromatic rings. The van der Waals surface area contributed by atoms with Crippen molar-refractivity contribution < 1.29 is 31.5 Å². The second-order valence-corrected chi connectivity index (χ2v) is 11.3. The molecular weight excluding hydrogens is 609 g/mol. The van der Waals surface area contributed by atoms with Gasteiger partial charge in [-0.3, -0.25) is 19.1 Å². The quantitative estimate of drug-likeness (QED) is 0.276. The summed E-state index contributed by atoms with van der Waals surface area (Å²) in [5.41, 5.74) is -0.798. The van der Waals surface area contributed by atoms with E-state index in [1.807, 2.05) is 13.0 Å². The highest BCUT2D eigenvalue weighted by molar-refractivity contribution is 6.35. The minimum absolute atomic E-state index is 0.0193. The zero-order valence-electron chi connectivity index (χ0n) is 23.7. The van der Waals surface area contributed by atoms with Gasteiger partial charge in [-0.25, -0.2) is 8.78 Å². The van der Waals surface area contributed by atoms with E-state index in [-0.39, 0.29) is 88.8 Å². The summed E-state index contributed by atoms with van der Waals surface area (Å²) in [7, 11) is 1.25. The van der Waals surface area contributed by atoms with E-state index in [2.05, 4.69) is 6.58 Å². The van der Waals surface area contributed by atoms with Crippen molar-refractivity contribution in [2.75, 3.05) is 51.3 Å². The molecule has 2 aromatic carbocycles. The Morgan fingerprint density at radius 2 is 2.00 bits per heavy atom. The first kappa shape index (κ1) is 31.3. The number of carbonyl (C=O) groups is 1. The van der Waals surface area contributed by atoms with Crippen LogP contribution in [-0.2, 0) is 4.79 Å². The molecule has 0 N–H and O–H groups in total. The van der Waals surface area contributed by atoms with Crippen molar-refractivity contribution in [1.82, 2.24) is 14.4 Å². The topological polar surface area (TPSA) is 81.8 Å². The summed E-state index contributed by atoms with van der Waals surface area (Å²) in [6.45, 7) is 4.26. The number of alkyl halides is 3. The molecule has 0 radical (unpaired) electrons. The Balaban J connectivity index is 1.78. The zero-order chi connectivity index (χ0) is 32.1. The summed E-state index contributed by atoms with van der Waals surface area (Å²) in [5.74, 6) is -2.07. The molecule has 1 unspecified atom stereocenters. The zero-order valence-corrected chi connectivity index (χ0v) is 24.5.